The zero-order valence-corrected chi connectivity index (χ0v) is 18.2. The van der Waals surface area contributed by atoms with Gasteiger partial charge in [0.15, 0.2) is 0 Å². The molecule has 1 aromatic heterocycles. The molecule has 3 atom stereocenters. The number of carbonyl (C=O) groups excluding carboxylic acids is 1. The number of ether oxygens (including phenoxy) is 1. The molecular formula is C24H34N4O3. The van der Waals surface area contributed by atoms with Crippen molar-refractivity contribution in [1.29, 1.82) is 0 Å². The molecule has 5 saturated carbocycles. The van der Waals surface area contributed by atoms with E-state index in [1.165, 1.54) is 12.8 Å². The van der Waals surface area contributed by atoms with E-state index in [1.54, 1.807) is 6.20 Å². The van der Waals surface area contributed by atoms with E-state index in [0.29, 0.717) is 41.8 Å². The minimum atomic E-state index is -0.479. The van der Waals surface area contributed by atoms with Crippen LogP contribution in [0.3, 0.4) is 0 Å². The number of carbonyl (C=O) groups is 1. The SMILES string of the molecule is O=C(N[C@H]1C2CC3CC1C[C@@](O)(C3)C2)c1cnc(N[C@@H]2CCOC2)nc1C1CCCC1. The molecule has 1 aliphatic heterocycles. The third kappa shape index (κ3) is 3.74. The number of nitrogens with one attached hydrogen (secondary N) is 2. The van der Waals surface area contributed by atoms with Crippen LogP contribution in [0.2, 0.25) is 0 Å². The highest BCUT2D eigenvalue weighted by Crippen LogP contribution is 2.55. The van der Waals surface area contributed by atoms with Crippen molar-refractivity contribution in [2.24, 2.45) is 17.8 Å². The third-order valence-corrected chi connectivity index (χ3v) is 8.61. The Balaban J connectivity index is 1.23. The van der Waals surface area contributed by atoms with Crippen LogP contribution in [-0.4, -0.2) is 51.9 Å². The second-order valence-corrected chi connectivity index (χ2v) is 10.9. The van der Waals surface area contributed by atoms with Gasteiger partial charge in [-0.25, -0.2) is 9.97 Å². The number of aromatic nitrogens is 2. The van der Waals surface area contributed by atoms with Crippen molar-refractivity contribution in [3.05, 3.63) is 17.5 Å². The quantitative estimate of drug-likeness (QED) is 0.670. The summed E-state index contributed by atoms with van der Waals surface area (Å²) in [4.78, 5) is 22.8. The molecule has 31 heavy (non-hydrogen) atoms. The minimum absolute atomic E-state index is 0.0258. The fourth-order valence-corrected chi connectivity index (χ4v) is 7.43. The average molecular weight is 427 g/mol. The Morgan fingerprint density at radius 1 is 1.13 bits per heavy atom. The van der Waals surface area contributed by atoms with Gasteiger partial charge in [-0.3, -0.25) is 4.79 Å². The van der Waals surface area contributed by atoms with Gasteiger partial charge in [0.2, 0.25) is 5.95 Å². The van der Waals surface area contributed by atoms with Crippen LogP contribution >= 0.6 is 0 Å². The van der Waals surface area contributed by atoms with Gasteiger partial charge in [-0.05, 0) is 69.1 Å². The molecule has 3 N–H and O–H groups in total. The van der Waals surface area contributed by atoms with Gasteiger partial charge in [0, 0.05) is 24.8 Å². The van der Waals surface area contributed by atoms with Crippen LogP contribution in [0.1, 0.15) is 86.2 Å². The average Bonchev–Trinajstić information content (AvgIpc) is 3.43. The monoisotopic (exact) mass is 426 g/mol. The lowest BCUT2D eigenvalue weighted by atomic mass is 9.52. The Hall–Kier alpha value is -1.73. The molecule has 6 aliphatic rings. The largest absolute Gasteiger partial charge is 0.390 e. The first-order valence-corrected chi connectivity index (χ1v) is 12.3. The second kappa shape index (κ2) is 7.69. The van der Waals surface area contributed by atoms with Gasteiger partial charge >= 0.3 is 0 Å². The number of hydrogen-bond acceptors (Lipinski definition) is 6. The predicted molar refractivity (Wildman–Crippen MR) is 116 cm³/mol. The molecule has 4 bridgehead atoms. The van der Waals surface area contributed by atoms with Crippen LogP contribution in [0.5, 0.6) is 0 Å². The maximum Gasteiger partial charge on any atom is 0.254 e. The van der Waals surface area contributed by atoms with E-state index in [4.69, 9.17) is 9.72 Å². The van der Waals surface area contributed by atoms with Crippen LogP contribution in [0.25, 0.3) is 0 Å². The first kappa shape index (κ1) is 19.9. The Morgan fingerprint density at radius 3 is 2.58 bits per heavy atom. The van der Waals surface area contributed by atoms with Crippen molar-refractivity contribution < 1.29 is 14.6 Å². The van der Waals surface area contributed by atoms with Crippen LogP contribution < -0.4 is 10.6 Å². The van der Waals surface area contributed by atoms with E-state index in [9.17, 15) is 9.90 Å². The fraction of sp³-hybridized carbons (Fsp3) is 0.792. The first-order chi connectivity index (χ1) is 15.1. The molecule has 2 heterocycles. The molecule has 1 aromatic rings. The number of anilines is 1. The smallest absolute Gasteiger partial charge is 0.254 e. The van der Waals surface area contributed by atoms with Crippen molar-refractivity contribution >= 4 is 11.9 Å². The Labute approximate surface area is 183 Å². The van der Waals surface area contributed by atoms with E-state index >= 15 is 0 Å². The van der Waals surface area contributed by atoms with Gasteiger partial charge < -0.3 is 20.5 Å². The molecule has 0 spiro atoms. The number of nitrogens with zero attached hydrogens (tertiary/aromatic N) is 2. The van der Waals surface area contributed by atoms with Crippen molar-refractivity contribution in [2.45, 2.75) is 87.8 Å². The molecule has 7 rings (SSSR count). The summed E-state index contributed by atoms with van der Waals surface area (Å²) in [6.45, 7) is 1.45. The molecule has 168 valence electrons. The van der Waals surface area contributed by atoms with Gasteiger partial charge in [-0.1, -0.05) is 12.8 Å². The molecule has 7 heteroatoms. The standard InChI is InChI=1S/C24H34N4O3/c29-22(27-20-16-7-14-8-17(20)11-24(30,9-14)10-16)19-12-25-23(26-18-5-6-31-13-18)28-21(19)15-3-1-2-4-15/h12,14-18,20,30H,1-11,13H2,(H,27,29)(H,25,26,28)/t14?,16?,17?,18-,20-,24+/m1/s1. The topological polar surface area (TPSA) is 96.4 Å². The summed E-state index contributed by atoms with van der Waals surface area (Å²) in [5.74, 6) is 2.37. The van der Waals surface area contributed by atoms with Gasteiger partial charge in [-0.15, -0.1) is 0 Å². The summed E-state index contributed by atoms with van der Waals surface area (Å²) < 4.78 is 5.46. The van der Waals surface area contributed by atoms with Crippen LogP contribution in [0.4, 0.5) is 5.95 Å². The Bertz CT molecular complexity index is 833. The number of amides is 1. The third-order valence-electron chi connectivity index (χ3n) is 8.61. The van der Waals surface area contributed by atoms with Crippen LogP contribution in [-0.2, 0) is 4.74 Å². The number of rotatable bonds is 5. The number of aliphatic hydroxyl groups is 1. The fourth-order valence-electron chi connectivity index (χ4n) is 7.43. The van der Waals surface area contributed by atoms with Crippen LogP contribution in [0.15, 0.2) is 6.20 Å². The van der Waals surface area contributed by atoms with Crippen LogP contribution in [0, 0.1) is 17.8 Å². The van der Waals surface area contributed by atoms with Crippen molar-refractivity contribution in [1.82, 2.24) is 15.3 Å². The van der Waals surface area contributed by atoms with E-state index in [-0.39, 0.29) is 18.0 Å². The molecule has 1 saturated heterocycles. The lowest BCUT2D eigenvalue weighted by Crippen LogP contribution is -2.61. The van der Waals surface area contributed by atoms with Gasteiger partial charge in [0.25, 0.3) is 5.91 Å². The zero-order chi connectivity index (χ0) is 21.0. The first-order valence-electron chi connectivity index (χ1n) is 12.3. The minimum Gasteiger partial charge on any atom is -0.390 e. The van der Waals surface area contributed by atoms with Gasteiger partial charge in [0.1, 0.15) is 0 Å². The molecular weight excluding hydrogens is 392 g/mol. The second-order valence-electron chi connectivity index (χ2n) is 10.9. The van der Waals surface area contributed by atoms with Gasteiger partial charge in [-0.2, -0.15) is 0 Å². The molecule has 7 nitrogen and oxygen atoms in total. The molecule has 6 fully saturated rings. The van der Waals surface area contributed by atoms with Crippen molar-refractivity contribution in [3.8, 4) is 0 Å². The number of hydrogen-bond donors (Lipinski definition) is 3. The van der Waals surface area contributed by atoms with E-state index < -0.39 is 5.60 Å². The highest BCUT2D eigenvalue weighted by atomic mass is 16.5. The summed E-state index contributed by atoms with van der Waals surface area (Å²) in [5.41, 5.74) is 1.08. The summed E-state index contributed by atoms with van der Waals surface area (Å²) >= 11 is 0. The Morgan fingerprint density at radius 2 is 1.90 bits per heavy atom. The summed E-state index contributed by atoms with van der Waals surface area (Å²) in [7, 11) is 0. The maximum atomic E-state index is 13.5. The lowest BCUT2D eigenvalue weighted by molar-refractivity contribution is -0.136. The summed E-state index contributed by atoms with van der Waals surface area (Å²) in [6.07, 6.45) is 12.2. The predicted octanol–water partition coefficient (Wildman–Crippen LogP) is 3.00. The lowest BCUT2D eigenvalue weighted by Gasteiger charge is -2.58. The zero-order valence-electron chi connectivity index (χ0n) is 18.2. The summed E-state index contributed by atoms with van der Waals surface area (Å²) in [6, 6.07) is 0.421. The molecule has 5 aliphatic carbocycles. The van der Waals surface area contributed by atoms with E-state index in [2.05, 4.69) is 15.6 Å². The highest BCUT2D eigenvalue weighted by molar-refractivity contribution is 5.95. The van der Waals surface area contributed by atoms with E-state index in [1.807, 2.05) is 0 Å². The Kier molecular flexibility index (Phi) is 4.94. The maximum absolute atomic E-state index is 13.5. The summed E-state index contributed by atoms with van der Waals surface area (Å²) in [5, 5.41) is 17.6. The van der Waals surface area contributed by atoms with Crippen molar-refractivity contribution in [2.75, 3.05) is 18.5 Å². The molecule has 0 aromatic carbocycles. The highest BCUT2D eigenvalue weighted by Gasteiger charge is 2.55. The van der Waals surface area contributed by atoms with E-state index in [0.717, 1.165) is 63.7 Å². The molecule has 2 unspecified atom stereocenters. The van der Waals surface area contributed by atoms with Crippen molar-refractivity contribution in [3.63, 3.8) is 0 Å². The van der Waals surface area contributed by atoms with Gasteiger partial charge in [0.05, 0.1) is 29.5 Å². The normalized spacial score (nSPS) is 39.2. The molecule has 0 radical (unpaired) electrons. The molecule has 1 amide bonds.